The van der Waals surface area contributed by atoms with Crippen molar-refractivity contribution < 1.29 is 29.6 Å². The molecule has 0 aliphatic rings. The lowest BCUT2D eigenvalue weighted by Gasteiger charge is -2.34. The standard InChI is InChI=1S/C31H63NO6/c1-6-30(4,38-26-23-31(7-2,8-3)37-5)22-24-32-29(36)21-17-12-10-9-11-15-19-27(34)28(35)20-16-13-14-18-25-33/h27-28,33-35H,6-26H2,1-5H3,(H,32,36). The van der Waals surface area contributed by atoms with E-state index in [4.69, 9.17) is 14.6 Å². The van der Waals surface area contributed by atoms with Crippen LogP contribution in [0.4, 0.5) is 0 Å². The summed E-state index contributed by atoms with van der Waals surface area (Å²) in [6, 6.07) is 0. The Balaban J connectivity index is 3.84. The second-order valence-corrected chi connectivity index (χ2v) is 11.3. The maximum atomic E-state index is 12.2. The molecule has 0 saturated carbocycles. The van der Waals surface area contributed by atoms with E-state index in [0.717, 1.165) is 96.3 Å². The van der Waals surface area contributed by atoms with Gasteiger partial charge < -0.3 is 30.1 Å². The molecule has 4 N–H and O–H groups in total. The molecule has 0 aliphatic heterocycles. The predicted molar refractivity (Wildman–Crippen MR) is 156 cm³/mol. The highest BCUT2D eigenvalue weighted by molar-refractivity contribution is 5.75. The Morgan fingerprint density at radius 3 is 1.82 bits per heavy atom. The lowest BCUT2D eigenvalue weighted by atomic mass is 9.93. The fraction of sp³-hybridized carbons (Fsp3) is 0.968. The lowest BCUT2D eigenvalue weighted by Crippen LogP contribution is -2.37. The van der Waals surface area contributed by atoms with E-state index >= 15 is 0 Å². The number of nitrogens with one attached hydrogen (secondary N) is 1. The Kier molecular flexibility index (Phi) is 22.6. The minimum absolute atomic E-state index is 0.103. The van der Waals surface area contributed by atoms with E-state index in [1.807, 2.05) is 0 Å². The van der Waals surface area contributed by atoms with E-state index in [1.54, 1.807) is 7.11 Å². The van der Waals surface area contributed by atoms with Gasteiger partial charge in [0.15, 0.2) is 0 Å². The molecular weight excluding hydrogens is 482 g/mol. The van der Waals surface area contributed by atoms with Gasteiger partial charge in [-0.3, -0.25) is 4.79 Å². The fourth-order valence-electron chi connectivity index (χ4n) is 4.93. The highest BCUT2D eigenvalue weighted by Gasteiger charge is 2.28. The summed E-state index contributed by atoms with van der Waals surface area (Å²) in [6.45, 7) is 10.1. The van der Waals surface area contributed by atoms with Crippen LogP contribution in [-0.4, -0.2) is 71.5 Å². The highest BCUT2D eigenvalue weighted by atomic mass is 16.5. The van der Waals surface area contributed by atoms with E-state index in [0.29, 0.717) is 32.4 Å². The van der Waals surface area contributed by atoms with Gasteiger partial charge in [-0.1, -0.05) is 72.1 Å². The SMILES string of the molecule is CCC(C)(CCNC(=O)CCCCCCCCC(O)C(O)CCCCCCO)OCCC(CC)(CC)OC. The summed E-state index contributed by atoms with van der Waals surface area (Å²) >= 11 is 0. The van der Waals surface area contributed by atoms with Gasteiger partial charge in [0, 0.05) is 26.7 Å². The van der Waals surface area contributed by atoms with Crippen molar-refractivity contribution in [1.82, 2.24) is 5.32 Å². The molecule has 3 unspecified atom stereocenters. The van der Waals surface area contributed by atoms with Crippen LogP contribution in [0.1, 0.15) is 143 Å². The molecule has 0 heterocycles. The van der Waals surface area contributed by atoms with Gasteiger partial charge >= 0.3 is 0 Å². The van der Waals surface area contributed by atoms with Gasteiger partial charge in [0.2, 0.25) is 5.91 Å². The molecule has 7 nitrogen and oxygen atoms in total. The van der Waals surface area contributed by atoms with Crippen molar-refractivity contribution in [3.05, 3.63) is 0 Å². The minimum atomic E-state index is -0.637. The van der Waals surface area contributed by atoms with Gasteiger partial charge in [-0.05, 0) is 64.7 Å². The first-order chi connectivity index (χ1) is 18.2. The summed E-state index contributed by atoms with van der Waals surface area (Å²) in [4.78, 5) is 12.2. The molecule has 0 aromatic carbocycles. The molecule has 0 aliphatic carbocycles. The number of hydrogen-bond donors (Lipinski definition) is 4. The maximum Gasteiger partial charge on any atom is 0.219 e. The van der Waals surface area contributed by atoms with Crippen LogP contribution in [-0.2, 0) is 14.3 Å². The van der Waals surface area contributed by atoms with Crippen LogP contribution in [0, 0.1) is 0 Å². The number of amides is 1. The van der Waals surface area contributed by atoms with Crippen LogP contribution in [0.15, 0.2) is 0 Å². The number of carbonyl (C=O) groups is 1. The van der Waals surface area contributed by atoms with Crippen LogP contribution in [0.2, 0.25) is 0 Å². The number of methoxy groups -OCH3 is 1. The summed E-state index contributed by atoms with van der Waals surface area (Å²) in [7, 11) is 1.78. The molecule has 0 saturated heterocycles. The second kappa shape index (κ2) is 23.0. The number of ether oxygens (including phenoxy) is 2. The van der Waals surface area contributed by atoms with E-state index < -0.39 is 12.2 Å². The second-order valence-electron chi connectivity index (χ2n) is 11.3. The molecule has 0 fully saturated rings. The molecule has 38 heavy (non-hydrogen) atoms. The van der Waals surface area contributed by atoms with Gasteiger partial charge in [0.1, 0.15) is 0 Å². The number of carbonyl (C=O) groups excluding carboxylic acids is 1. The quantitative estimate of drug-likeness (QED) is 0.0935. The molecule has 1 amide bonds. The van der Waals surface area contributed by atoms with Crippen molar-refractivity contribution in [2.75, 3.05) is 26.9 Å². The number of hydrogen-bond acceptors (Lipinski definition) is 6. The molecule has 0 aromatic rings. The Labute approximate surface area is 234 Å². The first-order valence-corrected chi connectivity index (χ1v) is 15.6. The highest BCUT2D eigenvalue weighted by Crippen LogP contribution is 2.26. The number of unbranched alkanes of at least 4 members (excludes halogenated alkanes) is 8. The molecule has 0 radical (unpaired) electrons. The van der Waals surface area contributed by atoms with Crippen LogP contribution in [0.25, 0.3) is 0 Å². The average Bonchev–Trinajstić information content (AvgIpc) is 2.92. The monoisotopic (exact) mass is 545 g/mol. The Morgan fingerprint density at radius 1 is 0.789 bits per heavy atom. The van der Waals surface area contributed by atoms with Crippen molar-refractivity contribution in [2.24, 2.45) is 0 Å². The van der Waals surface area contributed by atoms with Crippen molar-refractivity contribution in [3.8, 4) is 0 Å². The van der Waals surface area contributed by atoms with Crippen LogP contribution in [0.3, 0.4) is 0 Å². The van der Waals surface area contributed by atoms with Crippen molar-refractivity contribution in [1.29, 1.82) is 0 Å². The molecule has 0 rings (SSSR count). The van der Waals surface area contributed by atoms with Gasteiger partial charge in [-0.2, -0.15) is 0 Å². The Hall–Kier alpha value is -0.730. The van der Waals surface area contributed by atoms with Crippen molar-refractivity contribution in [3.63, 3.8) is 0 Å². The molecular formula is C31H63NO6. The topological polar surface area (TPSA) is 108 Å². The van der Waals surface area contributed by atoms with E-state index in [1.165, 1.54) is 0 Å². The molecule has 7 heteroatoms. The summed E-state index contributed by atoms with van der Waals surface area (Å²) in [5, 5.41) is 32.0. The zero-order chi connectivity index (χ0) is 28.7. The minimum Gasteiger partial charge on any atom is -0.396 e. The van der Waals surface area contributed by atoms with Gasteiger partial charge in [0.25, 0.3) is 0 Å². The van der Waals surface area contributed by atoms with Gasteiger partial charge in [0.05, 0.1) is 30.0 Å². The van der Waals surface area contributed by atoms with Crippen LogP contribution < -0.4 is 5.32 Å². The van der Waals surface area contributed by atoms with E-state index in [-0.39, 0.29) is 23.7 Å². The first-order valence-electron chi connectivity index (χ1n) is 15.6. The lowest BCUT2D eigenvalue weighted by molar-refractivity contribution is -0.121. The average molecular weight is 546 g/mol. The smallest absolute Gasteiger partial charge is 0.219 e. The first kappa shape index (κ1) is 37.3. The number of rotatable bonds is 27. The number of aliphatic hydroxyl groups excluding tert-OH is 3. The number of aliphatic hydroxyl groups is 3. The summed E-state index contributed by atoms with van der Waals surface area (Å²) < 4.78 is 12.0. The molecule has 3 atom stereocenters. The van der Waals surface area contributed by atoms with E-state index in [9.17, 15) is 15.0 Å². The van der Waals surface area contributed by atoms with Crippen molar-refractivity contribution >= 4 is 5.91 Å². The molecule has 228 valence electrons. The van der Waals surface area contributed by atoms with Crippen molar-refractivity contribution in [2.45, 2.75) is 167 Å². The summed E-state index contributed by atoms with van der Waals surface area (Å²) in [5.74, 6) is 0.118. The third kappa shape index (κ3) is 17.8. The zero-order valence-corrected chi connectivity index (χ0v) is 25.6. The Bertz CT molecular complexity index is 548. The maximum absolute atomic E-state index is 12.2. The van der Waals surface area contributed by atoms with Gasteiger partial charge in [-0.25, -0.2) is 0 Å². The fourth-order valence-corrected chi connectivity index (χ4v) is 4.93. The molecule has 0 bridgehead atoms. The van der Waals surface area contributed by atoms with Gasteiger partial charge in [-0.15, -0.1) is 0 Å². The largest absolute Gasteiger partial charge is 0.396 e. The zero-order valence-electron chi connectivity index (χ0n) is 25.6. The normalized spacial score (nSPS) is 15.3. The predicted octanol–water partition coefficient (Wildman–Crippen LogP) is 6.06. The summed E-state index contributed by atoms with van der Waals surface area (Å²) in [6.07, 6.45) is 14.9. The van der Waals surface area contributed by atoms with Crippen LogP contribution in [0.5, 0.6) is 0 Å². The molecule has 0 spiro atoms. The summed E-state index contributed by atoms with van der Waals surface area (Å²) in [5.41, 5.74) is -0.341. The van der Waals surface area contributed by atoms with E-state index in [2.05, 4.69) is 33.0 Å². The van der Waals surface area contributed by atoms with Crippen LogP contribution >= 0.6 is 0 Å². The molecule has 0 aromatic heterocycles. The Morgan fingerprint density at radius 2 is 1.32 bits per heavy atom. The third-order valence-electron chi connectivity index (χ3n) is 8.46. The third-order valence-corrected chi connectivity index (χ3v) is 8.46.